The number of carboxylic acid groups (broad SMARTS) is 1. The van der Waals surface area contributed by atoms with E-state index in [0.29, 0.717) is 0 Å². The Morgan fingerprint density at radius 1 is 1.24 bits per heavy atom. The number of thioether (sulfide) groups is 1. The number of ether oxygens (including phenoxy) is 1. The average Bonchev–Trinajstić information content (AvgIpc) is 2.52. The Balaban J connectivity index is 2.20. The number of hydrogen-bond acceptors (Lipinski definition) is 3. The van der Waals surface area contributed by atoms with E-state index < -0.39 is 5.97 Å². The molecule has 0 atom stereocenters. The molecule has 4 heteroatoms. The van der Waals surface area contributed by atoms with E-state index in [1.54, 1.807) is 24.9 Å². The lowest BCUT2D eigenvalue weighted by Crippen LogP contribution is -1.92. The van der Waals surface area contributed by atoms with E-state index in [9.17, 15) is 4.79 Å². The first-order chi connectivity index (χ1) is 10.2. The second-order valence-electron chi connectivity index (χ2n) is 4.34. The number of carbonyl (C=O) groups is 1. The molecule has 0 radical (unpaired) electrons. The van der Waals surface area contributed by atoms with Crippen molar-refractivity contribution >= 4 is 23.8 Å². The van der Waals surface area contributed by atoms with Crippen molar-refractivity contribution in [3.63, 3.8) is 0 Å². The summed E-state index contributed by atoms with van der Waals surface area (Å²) in [6, 6.07) is 15.7. The molecule has 0 saturated carbocycles. The topological polar surface area (TPSA) is 46.5 Å². The smallest absolute Gasteiger partial charge is 0.328 e. The summed E-state index contributed by atoms with van der Waals surface area (Å²) in [5.41, 5.74) is 1.93. The van der Waals surface area contributed by atoms with Crippen molar-refractivity contribution in [1.29, 1.82) is 0 Å². The minimum atomic E-state index is -0.951. The molecule has 0 spiro atoms. The van der Waals surface area contributed by atoms with Gasteiger partial charge < -0.3 is 9.84 Å². The number of aliphatic carboxylic acids is 1. The summed E-state index contributed by atoms with van der Waals surface area (Å²) < 4.78 is 5.24. The Labute approximate surface area is 128 Å². The molecule has 0 aliphatic carbocycles. The van der Waals surface area contributed by atoms with Gasteiger partial charge in [0.25, 0.3) is 0 Å². The Bertz CT molecular complexity index is 636. The molecular weight excluding hydrogens is 284 g/mol. The standard InChI is InChI=1S/C17H16O3S/c1-20-15-9-7-13(8-10-17(18)19)14(11-15)12-21-16-5-3-2-4-6-16/h2-11H,12H2,1H3,(H,18,19). The lowest BCUT2D eigenvalue weighted by molar-refractivity contribution is -0.131. The first kappa shape index (κ1) is 15.2. The molecule has 0 amide bonds. The molecule has 0 aromatic heterocycles. The lowest BCUT2D eigenvalue weighted by atomic mass is 10.1. The van der Waals surface area contributed by atoms with Gasteiger partial charge in [0.2, 0.25) is 0 Å². The highest BCUT2D eigenvalue weighted by Gasteiger charge is 2.04. The van der Waals surface area contributed by atoms with E-state index in [0.717, 1.165) is 28.7 Å². The summed E-state index contributed by atoms with van der Waals surface area (Å²) in [5.74, 6) is 0.569. The monoisotopic (exact) mass is 300 g/mol. The Morgan fingerprint density at radius 2 is 2.00 bits per heavy atom. The van der Waals surface area contributed by atoms with E-state index >= 15 is 0 Å². The highest BCUT2D eigenvalue weighted by Crippen LogP contribution is 2.27. The summed E-state index contributed by atoms with van der Waals surface area (Å²) in [4.78, 5) is 11.8. The van der Waals surface area contributed by atoms with Crippen LogP contribution < -0.4 is 4.74 Å². The van der Waals surface area contributed by atoms with Gasteiger partial charge in [0, 0.05) is 16.7 Å². The lowest BCUT2D eigenvalue weighted by Gasteiger charge is -2.09. The minimum absolute atomic E-state index is 0.751. The van der Waals surface area contributed by atoms with Crippen LogP contribution in [-0.2, 0) is 10.5 Å². The molecule has 0 fully saturated rings. The highest BCUT2D eigenvalue weighted by molar-refractivity contribution is 7.98. The molecule has 0 saturated heterocycles. The van der Waals surface area contributed by atoms with Crippen LogP contribution in [0, 0.1) is 0 Å². The molecule has 0 bridgehead atoms. The minimum Gasteiger partial charge on any atom is -0.497 e. The summed E-state index contributed by atoms with van der Waals surface area (Å²) in [5, 5.41) is 8.76. The SMILES string of the molecule is COc1ccc(C=CC(=O)O)c(CSc2ccccc2)c1. The second kappa shape index (κ2) is 7.55. The van der Waals surface area contributed by atoms with Gasteiger partial charge in [-0.1, -0.05) is 24.3 Å². The zero-order valence-corrected chi connectivity index (χ0v) is 12.5. The fourth-order valence-corrected chi connectivity index (χ4v) is 2.76. The fraction of sp³-hybridized carbons (Fsp3) is 0.118. The molecule has 2 rings (SSSR count). The van der Waals surface area contributed by atoms with Gasteiger partial charge in [0.15, 0.2) is 0 Å². The first-order valence-electron chi connectivity index (χ1n) is 6.45. The van der Waals surface area contributed by atoms with E-state index in [-0.39, 0.29) is 0 Å². The van der Waals surface area contributed by atoms with Gasteiger partial charge >= 0.3 is 5.97 Å². The van der Waals surface area contributed by atoms with Crippen LogP contribution in [0.4, 0.5) is 0 Å². The quantitative estimate of drug-likeness (QED) is 0.645. The normalized spacial score (nSPS) is 10.7. The predicted molar refractivity (Wildman–Crippen MR) is 85.7 cm³/mol. The summed E-state index contributed by atoms with van der Waals surface area (Å²) in [6.07, 6.45) is 2.77. The van der Waals surface area contributed by atoms with Crippen molar-refractivity contribution in [2.45, 2.75) is 10.6 Å². The molecule has 0 aliphatic heterocycles. The molecule has 3 nitrogen and oxygen atoms in total. The van der Waals surface area contributed by atoms with Crippen molar-refractivity contribution < 1.29 is 14.6 Å². The molecule has 0 heterocycles. The zero-order valence-electron chi connectivity index (χ0n) is 11.7. The maximum atomic E-state index is 10.7. The Kier molecular flexibility index (Phi) is 5.46. The first-order valence-corrected chi connectivity index (χ1v) is 7.43. The van der Waals surface area contributed by atoms with Crippen LogP contribution in [0.15, 0.2) is 59.5 Å². The van der Waals surface area contributed by atoms with Crippen molar-refractivity contribution in [2.75, 3.05) is 7.11 Å². The Morgan fingerprint density at radius 3 is 2.67 bits per heavy atom. The van der Waals surface area contributed by atoms with Crippen LogP contribution in [0.3, 0.4) is 0 Å². The van der Waals surface area contributed by atoms with E-state index in [1.165, 1.54) is 4.90 Å². The van der Waals surface area contributed by atoms with Gasteiger partial charge in [0.05, 0.1) is 7.11 Å². The van der Waals surface area contributed by atoms with Gasteiger partial charge in [-0.3, -0.25) is 0 Å². The van der Waals surface area contributed by atoms with E-state index in [1.807, 2.05) is 36.4 Å². The number of methoxy groups -OCH3 is 1. The van der Waals surface area contributed by atoms with Crippen LogP contribution in [0.1, 0.15) is 11.1 Å². The van der Waals surface area contributed by atoms with Gasteiger partial charge in [-0.05, 0) is 41.5 Å². The van der Waals surface area contributed by atoms with Crippen molar-refractivity contribution in [3.8, 4) is 5.75 Å². The Hall–Kier alpha value is -2.20. The third-order valence-electron chi connectivity index (χ3n) is 2.89. The van der Waals surface area contributed by atoms with Crippen LogP contribution in [0.5, 0.6) is 5.75 Å². The third-order valence-corrected chi connectivity index (χ3v) is 3.95. The van der Waals surface area contributed by atoms with Crippen LogP contribution in [0.25, 0.3) is 6.08 Å². The molecule has 108 valence electrons. The summed E-state index contributed by atoms with van der Waals surface area (Å²) in [7, 11) is 1.62. The van der Waals surface area contributed by atoms with Gasteiger partial charge in [-0.2, -0.15) is 0 Å². The maximum Gasteiger partial charge on any atom is 0.328 e. The fourth-order valence-electron chi connectivity index (χ4n) is 1.84. The van der Waals surface area contributed by atoms with Gasteiger partial charge in [-0.25, -0.2) is 4.79 Å². The number of carboxylic acids is 1. The van der Waals surface area contributed by atoms with Gasteiger partial charge in [-0.15, -0.1) is 11.8 Å². The molecule has 21 heavy (non-hydrogen) atoms. The third kappa shape index (κ3) is 4.68. The van der Waals surface area contributed by atoms with E-state index in [2.05, 4.69) is 12.1 Å². The number of benzene rings is 2. The van der Waals surface area contributed by atoms with Crippen molar-refractivity contribution in [2.24, 2.45) is 0 Å². The average molecular weight is 300 g/mol. The molecule has 2 aromatic carbocycles. The highest BCUT2D eigenvalue weighted by atomic mass is 32.2. The predicted octanol–water partition coefficient (Wildman–Crippen LogP) is 4.09. The zero-order chi connectivity index (χ0) is 15.1. The summed E-state index contributed by atoms with van der Waals surface area (Å²) in [6.45, 7) is 0. The van der Waals surface area contributed by atoms with E-state index in [4.69, 9.17) is 9.84 Å². The summed E-state index contributed by atoms with van der Waals surface area (Å²) >= 11 is 1.70. The molecular formula is C17H16O3S. The van der Waals surface area contributed by atoms with Crippen LogP contribution in [0.2, 0.25) is 0 Å². The second-order valence-corrected chi connectivity index (χ2v) is 5.39. The van der Waals surface area contributed by atoms with Crippen molar-refractivity contribution in [3.05, 3.63) is 65.7 Å². The molecule has 1 N–H and O–H groups in total. The number of rotatable bonds is 6. The molecule has 0 aliphatic rings. The van der Waals surface area contributed by atoms with Gasteiger partial charge in [0.1, 0.15) is 5.75 Å². The van der Waals surface area contributed by atoms with Crippen molar-refractivity contribution in [1.82, 2.24) is 0 Å². The largest absolute Gasteiger partial charge is 0.497 e. The number of hydrogen-bond donors (Lipinski definition) is 1. The molecule has 0 unspecified atom stereocenters. The van der Waals surface area contributed by atoms with Crippen LogP contribution in [-0.4, -0.2) is 18.2 Å². The van der Waals surface area contributed by atoms with Crippen LogP contribution >= 0.6 is 11.8 Å². The molecule has 2 aromatic rings. The maximum absolute atomic E-state index is 10.7.